The van der Waals surface area contributed by atoms with E-state index in [1.165, 1.54) is 6.42 Å². The lowest BCUT2D eigenvalue weighted by atomic mass is 10.0. The molecule has 0 aromatic heterocycles. The van der Waals surface area contributed by atoms with Gasteiger partial charge >= 0.3 is 0 Å². The minimum Gasteiger partial charge on any atom is -0.356 e. The first-order chi connectivity index (χ1) is 7.36. The molecule has 0 aromatic carbocycles. The zero-order chi connectivity index (χ0) is 10.5. The van der Waals surface area contributed by atoms with Gasteiger partial charge in [-0.1, -0.05) is 0 Å². The number of nitrogens with one attached hydrogen (secondary N) is 2. The van der Waals surface area contributed by atoms with E-state index in [1.807, 2.05) is 11.8 Å². The Morgan fingerprint density at radius 3 is 3.07 bits per heavy atom. The summed E-state index contributed by atoms with van der Waals surface area (Å²) in [5, 5.41) is 6.42. The molecule has 4 heteroatoms. The Kier molecular flexibility index (Phi) is 4.32. The van der Waals surface area contributed by atoms with Gasteiger partial charge in [-0.25, -0.2) is 0 Å². The van der Waals surface area contributed by atoms with Gasteiger partial charge < -0.3 is 10.6 Å². The normalized spacial score (nSPS) is 30.7. The third kappa shape index (κ3) is 3.38. The number of hydrogen-bond acceptors (Lipinski definition) is 3. The molecule has 2 saturated heterocycles. The second-order valence-electron chi connectivity index (χ2n) is 4.50. The third-order valence-electron chi connectivity index (χ3n) is 3.31. The van der Waals surface area contributed by atoms with Gasteiger partial charge in [-0.15, -0.1) is 0 Å². The van der Waals surface area contributed by atoms with Crippen molar-refractivity contribution in [1.82, 2.24) is 10.6 Å². The van der Waals surface area contributed by atoms with Crippen LogP contribution in [-0.4, -0.2) is 37.0 Å². The van der Waals surface area contributed by atoms with E-state index in [0.29, 0.717) is 0 Å². The maximum atomic E-state index is 11.7. The van der Waals surface area contributed by atoms with Crippen LogP contribution in [0.15, 0.2) is 0 Å². The van der Waals surface area contributed by atoms with Crippen LogP contribution >= 0.6 is 11.8 Å². The second-order valence-corrected chi connectivity index (χ2v) is 5.65. The quantitative estimate of drug-likeness (QED) is 0.750. The van der Waals surface area contributed by atoms with E-state index >= 15 is 0 Å². The summed E-state index contributed by atoms with van der Waals surface area (Å²) < 4.78 is 0. The molecule has 2 atom stereocenters. The standard InChI is InChI=1S/C11H20N2OS/c14-11(10-3-6-15-8-10)13-5-2-9-1-4-12-7-9/h9-10,12H,1-8H2,(H,13,14). The van der Waals surface area contributed by atoms with Crippen LogP contribution in [0, 0.1) is 11.8 Å². The average molecular weight is 228 g/mol. The fourth-order valence-electron chi connectivity index (χ4n) is 2.25. The molecule has 0 spiro atoms. The Morgan fingerprint density at radius 2 is 2.40 bits per heavy atom. The zero-order valence-corrected chi connectivity index (χ0v) is 9.94. The highest BCUT2D eigenvalue weighted by Crippen LogP contribution is 2.23. The number of carbonyl (C=O) groups is 1. The number of amides is 1. The molecule has 0 aromatic rings. The molecule has 3 nitrogen and oxygen atoms in total. The number of hydrogen-bond donors (Lipinski definition) is 2. The van der Waals surface area contributed by atoms with E-state index in [2.05, 4.69) is 10.6 Å². The lowest BCUT2D eigenvalue weighted by Gasteiger charge is -2.12. The zero-order valence-electron chi connectivity index (χ0n) is 9.13. The third-order valence-corrected chi connectivity index (χ3v) is 4.48. The van der Waals surface area contributed by atoms with Crippen LogP contribution in [0.5, 0.6) is 0 Å². The molecule has 15 heavy (non-hydrogen) atoms. The first kappa shape index (κ1) is 11.3. The summed E-state index contributed by atoms with van der Waals surface area (Å²) >= 11 is 1.90. The summed E-state index contributed by atoms with van der Waals surface area (Å²) in [7, 11) is 0. The molecule has 0 radical (unpaired) electrons. The Labute approximate surface area is 95.8 Å². The van der Waals surface area contributed by atoms with Gasteiger partial charge in [0.2, 0.25) is 5.91 Å². The molecule has 0 aliphatic carbocycles. The number of thioether (sulfide) groups is 1. The summed E-state index contributed by atoms with van der Waals surface area (Å²) in [5.74, 6) is 3.53. The summed E-state index contributed by atoms with van der Waals surface area (Å²) in [4.78, 5) is 11.7. The van der Waals surface area contributed by atoms with E-state index in [1.54, 1.807) is 0 Å². The van der Waals surface area contributed by atoms with Gasteiger partial charge in [-0.05, 0) is 44.0 Å². The lowest BCUT2D eigenvalue weighted by Crippen LogP contribution is -2.32. The van der Waals surface area contributed by atoms with Crippen LogP contribution in [0.25, 0.3) is 0 Å². The van der Waals surface area contributed by atoms with Gasteiger partial charge in [-0.3, -0.25) is 4.79 Å². The molecule has 2 aliphatic heterocycles. The maximum Gasteiger partial charge on any atom is 0.223 e. The fourth-order valence-corrected chi connectivity index (χ4v) is 3.47. The summed E-state index contributed by atoms with van der Waals surface area (Å²) in [5.41, 5.74) is 0. The molecule has 0 bridgehead atoms. The molecule has 1 amide bonds. The van der Waals surface area contributed by atoms with Crippen molar-refractivity contribution in [3.8, 4) is 0 Å². The minimum atomic E-state index is 0.283. The van der Waals surface area contributed by atoms with Gasteiger partial charge in [-0.2, -0.15) is 11.8 Å². The SMILES string of the molecule is O=C(NCCC1CCNC1)C1CCSC1. The number of carbonyl (C=O) groups excluding carboxylic acids is 1. The fraction of sp³-hybridized carbons (Fsp3) is 0.909. The van der Waals surface area contributed by atoms with E-state index in [4.69, 9.17) is 0 Å². The molecular formula is C11H20N2OS. The molecule has 2 unspecified atom stereocenters. The lowest BCUT2D eigenvalue weighted by molar-refractivity contribution is -0.124. The highest BCUT2D eigenvalue weighted by molar-refractivity contribution is 7.99. The van der Waals surface area contributed by atoms with E-state index in [-0.39, 0.29) is 11.8 Å². The molecule has 2 fully saturated rings. The van der Waals surface area contributed by atoms with Crippen molar-refractivity contribution in [1.29, 1.82) is 0 Å². The van der Waals surface area contributed by atoms with Gasteiger partial charge in [0.1, 0.15) is 0 Å². The molecule has 2 heterocycles. The Balaban J connectivity index is 1.58. The van der Waals surface area contributed by atoms with Gasteiger partial charge in [0, 0.05) is 18.2 Å². The van der Waals surface area contributed by atoms with E-state index in [0.717, 1.165) is 49.9 Å². The predicted octanol–water partition coefficient (Wildman–Crippen LogP) is 0.855. The highest BCUT2D eigenvalue weighted by Gasteiger charge is 2.23. The predicted molar refractivity (Wildman–Crippen MR) is 64.0 cm³/mol. The largest absolute Gasteiger partial charge is 0.356 e. The van der Waals surface area contributed by atoms with Crippen molar-refractivity contribution in [2.45, 2.75) is 19.3 Å². The van der Waals surface area contributed by atoms with Crippen LogP contribution in [0.2, 0.25) is 0 Å². The molecule has 0 saturated carbocycles. The Hall–Kier alpha value is -0.220. The Morgan fingerprint density at radius 1 is 1.47 bits per heavy atom. The topological polar surface area (TPSA) is 41.1 Å². The molecule has 2 rings (SSSR count). The average Bonchev–Trinajstić information content (AvgIpc) is 2.90. The summed E-state index contributed by atoms with van der Waals surface area (Å²) in [6, 6.07) is 0. The van der Waals surface area contributed by atoms with Crippen molar-refractivity contribution in [3.63, 3.8) is 0 Å². The first-order valence-corrected chi connectivity index (χ1v) is 7.08. The van der Waals surface area contributed by atoms with Crippen molar-refractivity contribution in [2.75, 3.05) is 31.1 Å². The van der Waals surface area contributed by atoms with Gasteiger partial charge in [0.25, 0.3) is 0 Å². The van der Waals surface area contributed by atoms with Gasteiger partial charge in [0.15, 0.2) is 0 Å². The molecule has 2 N–H and O–H groups in total. The van der Waals surface area contributed by atoms with E-state index < -0.39 is 0 Å². The smallest absolute Gasteiger partial charge is 0.223 e. The van der Waals surface area contributed by atoms with Crippen LogP contribution in [0.4, 0.5) is 0 Å². The molecule has 86 valence electrons. The Bertz CT molecular complexity index is 211. The van der Waals surface area contributed by atoms with Crippen molar-refractivity contribution >= 4 is 17.7 Å². The van der Waals surface area contributed by atoms with Crippen LogP contribution in [0.1, 0.15) is 19.3 Å². The summed E-state index contributed by atoms with van der Waals surface area (Å²) in [6.45, 7) is 3.15. The van der Waals surface area contributed by atoms with Crippen molar-refractivity contribution in [2.24, 2.45) is 11.8 Å². The highest BCUT2D eigenvalue weighted by atomic mass is 32.2. The van der Waals surface area contributed by atoms with E-state index in [9.17, 15) is 4.79 Å². The summed E-state index contributed by atoms with van der Waals surface area (Å²) in [6.07, 6.45) is 3.48. The van der Waals surface area contributed by atoms with Crippen molar-refractivity contribution < 1.29 is 4.79 Å². The van der Waals surface area contributed by atoms with Crippen LogP contribution in [0.3, 0.4) is 0 Å². The monoisotopic (exact) mass is 228 g/mol. The molecular weight excluding hydrogens is 208 g/mol. The minimum absolute atomic E-state index is 0.283. The van der Waals surface area contributed by atoms with Crippen LogP contribution in [-0.2, 0) is 4.79 Å². The molecule has 2 aliphatic rings. The second kappa shape index (κ2) is 5.75. The number of rotatable bonds is 4. The van der Waals surface area contributed by atoms with Crippen LogP contribution < -0.4 is 10.6 Å². The maximum absolute atomic E-state index is 11.7. The van der Waals surface area contributed by atoms with Gasteiger partial charge in [0.05, 0.1) is 0 Å². The first-order valence-electron chi connectivity index (χ1n) is 5.92. The van der Waals surface area contributed by atoms with Crippen molar-refractivity contribution in [3.05, 3.63) is 0 Å².